The van der Waals surface area contributed by atoms with E-state index in [0.717, 1.165) is 32.4 Å². The lowest BCUT2D eigenvalue weighted by Crippen LogP contribution is -2.51. The van der Waals surface area contributed by atoms with Gasteiger partial charge in [-0.2, -0.15) is 0 Å². The summed E-state index contributed by atoms with van der Waals surface area (Å²) in [4.78, 5) is 0. The van der Waals surface area contributed by atoms with E-state index in [2.05, 4.69) is 10.6 Å². The molecule has 0 aromatic heterocycles. The van der Waals surface area contributed by atoms with Gasteiger partial charge in [0.15, 0.2) is 0 Å². The number of hydrogen-bond donors (Lipinski definition) is 2. The molecule has 0 saturated carbocycles. The van der Waals surface area contributed by atoms with E-state index >= 15 is 0 Å². The lowest BCUT2D eigenvalue weighted by Gasteiger charge is -2.33. The first-order valence-corrected chi connectivity index (χ1v) is 6.03. The molecule has 0 aliphatic carbocycles. The standard InChI is InChI=1S/C11H21FN2O/c12-11(5-3-6-13-8-11)9-14-10-4-1-2-7-15-10/h10,13-14H,1-9H2. The molecule has 0 spiro atoms. The van der Waals surface area contributed by atoms with Gasteiger partial charge in [-0.25, -0.2) is 4.39 Å². The second-order valence-corrected chi connectivity index (χ2v) is 4.67. The Morgan fingerprint density at radius 1 is 1.40 bits per heavy atom. The summed E-state index contributed by atoms with van der Waals surface area (Å²) in [5.74, 6) is 0. The molecule has 0 radical (unpaired) electrons. The van der Waals surface area contributed by atoms with Gasteiger partial charge in [0.1, 0.15) is 11.9 Å². The van der Waals surface area contributed by atoms with Crippen LogP contribution in [0.25, 0.3) is 0 Å². The Labute approximate surface area is 90.8 Å². The average Bonchev–Trinajstić information content (AvgIpc) is 2.29. The quantitative estimate of drug-likeness (QED) is 0.743. The number of ether oxygens (including phenoxy) is 1. The Morgan fingerprint density at radius 3 is 3.00 bits per heavy atom. The predicted octanol–water partition coefficient (Wildman–Crippen LogP) is 1.19. The second kappa shape index (κ2) is 5.23. The fourth-order valence-corrected chi connectivity index (χ4v) is 2.28. The Morgan fingerprint density at radius 2 is 2.33 bits per heavy atom. The smallest absolute Gasteiger partial charge is 0.135 e. The summed E-state index contributed by atoms with van der Waals surface area (Å²) < 4.78 is 19.7. The Kier molecular flexibility index (Phi) is 3.94. The van der Waals surface area contributed by atoms with Gasteiger partial charge < -0.3 is 10.1 Å². The molecule has 2 heterocycles. The van der Waals surface area contributed by atoms with Crippen molar-refractivity contribution in [1.82, 2.24) is 10.6 Å². The Bertz CT molecular complexity index is 189. The molecule has 2 unspecified atom stereocenters. The van der Waals surface area contributed by atoms with Crippen LogP contribution in [0.3, 0.4) is 0 Å². The van der Waals surface area contributed by atoms with Crippen LogP contribution in [0.15, 0.2) is 0 Å². The van der Waals surface area contributed by atoms with Gasteiger partial charge in [0, 0.05) is 19.7 Å². The summed E-state index contributed by atoms with van der Waals surface area (Å²) in [5, 5.41) is 6.30. The fourth-order valence-electron chi connectivity index (χ4n) is 2.28. The summed E-state index contributed by atoms with van der Waals surface area (Å²) in [6.07, 6.45) is 5.02. The Hall–Kier alpha value is -0.190. The second-order valence-electron chi connectivity index (χ2n) is 4.67. The zero-order valence-corrected chi connectivity index (χ0v) is 9.23. The molecule has 2 aliphatic heterocycles. The van der Waals surface area contributed by atoms with Crippen molar-refractivity contribution in [3.63, 3.8) is 0 Å². The largest absolute Gasteiger partial charge is 0.363 e. The van der Waals surface area contributed by atoms with Crippen molar-refractivity contribution in [3.05, 3.63) is 0 Å². The van der Waals surface area contributed by atoms with Gasteiger partial charge in [-0.3, -0.25) is 5.32 Å². The van der Waals surface area contributed by atoms with E-state index in [-0.39, 0.29) is 6.23 Å². The van der Waals surface area contributed by atoms with E-state index < -0.39 is 5.67 Å². The van der Waals surface area contributed by atoms with Crippen molar-refractivity contribution in [1.29, 1.82) is 0 Å². The molecule has 3 nitrogen and oxygen atoms in total. The number of piperidine rings is 1. The lowest BCUT2D eigenvalue weighted by molar-refractivity contribution is -0.0175. The summed E-state index contributed by atoms with van der Waals surface area (Å²) in [6, 6.07) is 0. The molecule has 0 aromatic carbocycles. The van der Waals surface area contributed by atoms with E-state index in [0.29, 0.717) is 19.5 Å². The summed E-state index contributed by atoms with van der Waals surface area (Å²) in [5.41, 5.74) is -1.07. The van der Waals surface area contributed by atoms with Gasteiger partial charge in [-0.15, -0.1) is 0 Å². The average molecular weight is 216 g/mol. The number of halogens is 1. The molecule has 2 rings (SSSR count). The van der Waals surface area contributed by atoms with Gasteiger partial charge in [0.2, 0.25) is 0 Å². The van der Waals surface area contributed by atoms with Crippen LogP contribution in [0.2, 0.25) is 0 Å². The van der Waals surface area contributed by atoms with Crippen molar-refractivity contribution in [2.24, 2.45) is 0 Å². The molecular formula is C11H21FN2O. The molecular weight excluding hydrogens is 195 g/mol. The van der Waals surface area contributed by atoms with Gasteiger partial charge >= 0.3 is 0 Å². The number of nitrogens with one attached hydrogen (secondary N) is 2. The van der Waals surface area contributed by atoms with Crippen molar-refractivity contribution in [2.75, 3.05) is 26.2 Å². The summed E-state index contributed by atoms with van der Waals surface area (Å²) in [7, 11) is 0. The highest BCUT2D eigenvalue weighted by Crippen LogP contribution is 2.20. The minimum atomic E-state index is -1.07. The molecule has 2 N–H and O–H groups in total. The molecule has 0 amide bonds. The molecule has 0 bridgehead atoms. The molecule has 2 aliphatic rings. The van der Waals surface area contributed by atoms with Crippen molar-refractivity contribution < 1.29 is 9.13 Å². The topological polar surface area (TPSA) is 33.3 Å². The van der Waals surface area contributed by atoms with Crippen molar-refractivity contribution in [3.8, 4) is 0 Å². The Balaban J connectivity index is 1.70. The minimum absolute atomic E-state index is 0.0771. The molecule has 88 valence electrons. The third kappa shape index (κ3) is 3.40. The molecule has 2 saturated heterocycles. The zero-order valence-electron chi connectivity index (χ0n) is 9.23. The van der Waals surface area contributed by atoms with E-state index in [1.54, 1.807) is 0 Å². The molecule has 2 atom stereocenters. The number of hydrogen-bond acceptors (Lipinski definition) is 3. The lowest BCUT2D eigenvalue weighted by atomic mass is 9.96. The molecule has 4 heteroatoms. The van der Waals surface area contributed by atoms with Crippen LogP contribution in [-0.4, -0.2) is 38.1 Å². The predicted molar refractivity (Wildman–Crippen MR) is 57.5 cm³/mol. The third-order valence-corrected chi connectivity index (χ3v) is 3.25. The van der Waals surface area contributed by atoms with Gasteiger partial charge in [0.05, 0.1) is 0 Å². The van der Waals surface area contributed by atoms with E-state index in [1.807, 2.05) is 0 Å². The molecule has 15 heavy (non-hydrogen) atoms. The maximum Gasteiger partial charge on any atom is 0.135 e. The zero-order chi connectivity index (χ0) is 10.6. The highest BCUT2D eigenvalue weighted by atomic mass is 19.1. The third-order valence-electron chi connectivity index (χ3n) is 3.25. The van der Waals surface area contributed by atoms with Crippen LogP contribution in [0.1, 0.15) is 32.1 Å². The number of alkyl halides is 1. The van der Waals surface area contributed by atoms with Crippen LogP contribution < -0.4 is 10.6 Å². The minimum Gasteiger partial charge on any atom is -0.363 e. The van der Waals surface area contributed by atoms with Gasteiger partial charge in [-0.1, -0.05) is 0 Å². The highest BCUT2D eigenvalue weighted by molar-refractivity contribution is 4.88. The van der Waals surface area contributed by atoms with Crippen LogP contribution in [0, 0.1) is 0 Å². The van der Waals surface area contributed by atoms with E-state index in [1.165, 1.54) is 6.42 Å². The molecule has 0 aromatic rings. The normalized spacial score (nSPS) is 37.8. The first kappa shape index (κ1) is 11.3. The van der Waals surface area contributed by atoms with Gasteiger partial charge in [-0.05, 0) is 38.6 Å². The highest BCUT2D eigenvalue weighted by Gasteiger charge is 2.32. The van der Waals surface area contributed by atoms with Gasteiger partial charge in [0.25, 0.3) is 0 Å². The first-order valence-electron chi connectivity index (χ1n) is 6.03. The van der Waals surface area contributed by atoms with Crippen LogP contribution in [-0.2, 0) is 4.74 Å². The van der Waals surface area contributed by atoms with E-state index in [4.69, 9.17) is 4.74 Å². The summed E-state index contributed by atoms with van der Waals surface area (Å²) in [6.45, 7) is 2.66. The van der Waals surface area contributed by atoms with Crippen molar-refractivity contribution >= 4 is 0 Å². The summed E-state index contributed by atoms with van der Waals surface area (Å²) >= 11 is 0. The van der Waals surface area contributed by atoms with E-state index in [9.17, 15) is 4.39 Å². The first-order chi connectivity index (χ1) is 7.29. The monoisotopic (exact) mass is 216 g/mol. The van der Waals surface area contributed by atoms with Crippen LogP contribution in [0.5, 0.6) is 0 Å². The van der Waals surface area contributed by atoms with Crippen LogP contribution >= 0.6 is 0 Å². The van der Waals surface area contributed by atoms with Crippen molar-refractivity contribution in [2.45, 2.75) is 44.0 Å². The van der Waals surface area contributed by atoms with Crippen LogP contribution in [0.4, 0.5) is 4.39 Å². The number of rotatable bonds is 3. The maximum atomic E-state index is 14.1. The fraction of sp³-hybridized carbons (Fsp3) is 1.00. The molecule has 2 fully saturated rings. The SMILES string of the molecule is FC1(CNC2CCCCO2)CCCNC1. The maximum absolute atomic E-state index is 14.1.